The van der Waals surface area contributed by atoms with Gasteiger partial charge in [-0.25, -0.2) is 0 Å². The Kier molecular flexibility index (Phi) is 7.04. The zero-order valence-corrected chi connectivity index (χ0v) is 11.1. The number of nitrogens with zero attached hydrogens (tertiary/aromatic N) is 2. The van der Waals surface area contributed by atoms with E-state index in [1.165, 1.54) is 32.1 Å². The zero-order chi connectivity index (χ0) is 12.5. The Hall–Kier alpha value is -0.750. The molecule has 3 nitrogen and oxygen atoms in total. The van der Waals surface area contributed by atoms with Crippen LogP contribution in [0.15, 0.2) is 0 Å². The van der Waals surface area contributed by atoms with E-state index in [1.807, 2.05) is 4.90 Å². The van der Waals surface area contributed by atoms with Gasteiger partial charge < -0.3 is 4.90 Å². The van der Waals surface area contributed by atoms with E-state index in [2.05, 4.69) is 6.07 Å². The highest BCUT2D eigenvalue weighted by Gasteiger charge is 2.22. The molecule has 96 valence electrons. The number of amides is 1. The van der Waals surface area contributed by atoms with Gasteiger partial charge in [-0.05, 0) is 12.8 Å². The van der Waals surface area contributed by atoms with E-state index in [-0.39, 0.29) is 11.8 Å². The summed E-state index contributed by atoms with van der Waals surface area (Å²) in [5.74, 6) is 0.00885. The van der Waals surface area contributed by atoms with Gasteiger partial charge in [0.05, 0.1) is 12.5 Å². The summed E-state index contributed by atoms with van der Waals surface area (Å²) >= 11 is 5.64. The Morgan fingerprint density at radius 1 is 1.24 bits per heavy atom. The van der Waals surface area contributed by atoms with E-state index < -0.39 is 0 Å². The van der Waals surface area contributed by atoms with Crippen molar-refractivity contribution in [2.75, 3.05) is 12.4 Å². The van der Waals surface area contributed by atoms with Gasteiger partial charge >= 0.3 is 0 Å². The van der Waals surface area contributed by atoms with E-state index in [0.717, 1.165) is 12.8 Å². The third-order valence-corrected chi connectivity index (χ3v) is 3.64. The molecule has 0 bridgehead atoms. The van der Waals surface area contributed by atoms with Crippen LogP contribution in [0.5, 0.6) is 0 Å². The van der Waals surface area contributed by atoms with Gasteiger partial charge in [-0.15, -0.1) is 11.6 Å². The summed E-state index contributed by atoms with van der Waals surface area (Å²) in [5.41, 5.74) is 0. The van der Waals surface area contributed by atoms with E-state index >= 15 is 0 Å². The number of hydrogen-bond donors (Lipinski definition) is 0. The zero-order valence-electron chi connectivity index (χ0n) is 10.3. The van der Waals surface area contributed by atoms with E-state index in [4.69, 9.17) is 16.9 Å². The Morgan fingerprint density at radius 2 is 1.82 bits per heavy atom. The number of carbonyl (C=O) groups excluding carboxylic acids is 1. The Morgan fingerprint density at radius 3 is 2.35 bits per heavy atom. The van der Waals surface area contributed by atoms with Crippen molar-refractivity contribution in [1.82, 2.24) is 4.90 Å². The SMILES string of the molecule is N#CCCN(C(=O)CCl)C1CCCCCCC1. The summed E-state index contributed by atoms with van der Waals surface area (Å²) in [7, 11) is 0. The summed E-state index contributed by atoms with van der Waals surface area (Å²) in [6, 6.07) is 2.41. The lowest BCUT2D eigenvalue weighted by Crippen LogP contribution is -2.42. The Labute approximate surface area is 109 Å². The Bertz CT molecular complexity index is 267. The van der Waals surface area contributed by atoms with Crippen molar-refractivity contribution in [2.45, 2.75) is 57.4 Å². The predicted octanol–water partition coefficient (Wildman–Crippen LogP) is 3.08. The van der Waals surface area contributed by atoms with Crippen LogP contribution in [0.1, 0.15) is 51.4 Å². The molecule has 1 amide bonds. The van der Waals surface area contributed by atoms with Crippen LogP contribution in [0.25, 0.3) is 0 Å². The van der Waals surface area contributed by atoms with Crippen LogP contribution >= 0.6 is 11.6 Å². The first-order valence-electron chi connectivity index (χ1n) is 6.52. The molecule has 0 aromatic heterocycles. The molecule has 0 aromatic rings. The summed E-state index contributed by atoms with van der Waals surface area (Å²) in [4.78, 5) is 13.6. The average Bonchev–Trinajstić information content (AvgIpc) is 2.30. The maximum absolute atomic E-state index is 11.8. The molecule has 1 fully saturated rings. The van der Waals surface area contributed by atoms with Gasteiger partial charge in [0.15, 0.2) is 0 Å². The smallest absolute Gasteiger partial charge is 0.237 e. The second-order valence-corrected chi connectivity index (χ2v) is 4.90. The number of carbonyl (C=O) groups is 1. The van der Waals surface area contributed by atoms with Crippen molar-refractivity contribution < 1.29 is 4.79 Å². The number of alkyl halides is 1. The minimum atomic E-state index is -0.0208. The first kappa shape index (κ1) is 14.3. The largest absolute Gasteiger partial charge is 0.338 e. The van der Waals surface area contributed by atoms with Gasteiger partial charge in [0.2, 0.25) is 5.91 Å². The summed E-state index contributed by atoms with van der Waals surface area (Å²) in [6.07, 6.45) is 8.73. The molecule has 0 radical (unpaired) electrons. The second kappa shape index (κ2) is 8.36. The minimum absolute atomic E-state index is 0.0208. The van der Waals surface area contributed by atoms with Crippen molar-refractivity contribution in [3.05, 3.63) is 0 Å². The highest BCUT2D eigenvalue weighted by molar-refractivity contribution is 6.27. The Balaban J connectivity index is 2.58. The number of halogens is 1. The van der Waals surface area contributed by atoms with Crippen LogP contribution in [-0.4, -0.2) is 29.3 Å². The molecule has 0 heterocycles. The molecule has 17 heavy (non-hydrogen) atoms. The fourth-order valence-electron chi connectivity index (χ4n) is 2.50. The molecule has 1 rings (SSSR count). The van der Waals surface area contributed by atoms with Gasteiger partial charge in [0, 0.05) is 12.6 Å². The molecule has 0 aromatic carbocycles. The number of rotatable bonds is 4. The lowest BCUT2D eigenvalue weighted by molar-refractivity contribution is -0.131. The minimum Gasteiger partial charge on any atom is -0.338 e. The molecule has 0 saturated heterocycles. The standard InChI is InChI=1S/C13H21ClN2O/c14-11-13(17)16(10-6-9-15)12-7-4-2-1-3-5-8-12/h12H,1-8,10-11H2. The topological polar surface area (TPSA) is 44.1 Å². The molecule has 1 aliphatic rings. The fourth-order valence-corrected chi connectivity index (χ4v) is 2.66. The van der Waals surface area contributed by atoms with Gasteiger partial charge in [-0.2, -0.15) is 5.26 Å². The lowest BCUT2D eigenvalue weighted by atomic mass is 9.95. The molecule has 0 atom stereocenters. The molecule has 1 saturated carbocycles. The maximum Gasteiger partial charge on any atom is 0.237 e. The molecule has 0 spiro atoms. The second-order valence-electron chi connectivity index (χ2n) is 4.63. The van der Waals surface area contributed by atoms with Gasteiger partial charge in [-0.1, -0.05) is 32.1 Å². The molecule has 1 aliphatic carbocycles. The highest BCUT2D eigenvalue weighted by Crippen LogP contribution is 2.22. The average molecular weight is 257 g/mol. The van der Waals surface area contributed by atoms with E-state index in [0.29, 0.717) is 19.0 Å². The molecule has 0 N–H and O–H groups in total. The quantitative estimate of drug-likeness (QED) is 0.726. The van der Waals surface area contributed by atoms with Crippen LogP contribution in [0.2, 0.25) is 0 Å². The molecule has 0 aliphatic heterocycles. The number of hydrogen-bond acceptors (Lipinski definition) is 2. The van der Waals surface area contributed by atoms with Crippen LogP contribution in [0.4, 0.5) is 0 Å². The maximum atomic E-state index is 11.8. The van der Waals surface area contributed by atoms with E-state index in [1.54, 1.807) is 0 Å². The molecular weight excluding hydrogens is 236 g/mol. The summed E-state index contributed by atoms with van der Waals surface area (Å²) in [5, 5.41) is 8.65. The van der Waals surface area contributed by atoms with Crippen molar-refractivity contribution in [3.63, 3.8) is 0 Å². The monoisotopic (exact) mass is 256 g/mol. The number of nitriles is 1. The first-order chi connectivity index (χ1) is 8.29. The van der Waals surface area contributed by atoms with Crippen LogP contribution in [0, 0.1) is 11.3 Å². The summed E-state index contributed by atoms with van der Waals surface area (Å²) < 4.78 is 0. The van der Waals surface area contributed by atoms with Crippen molar-refractivity contribution in [1.29, 1.82) is 5.26 Å². The van der Waals surface area contributed by atoms with Gasteiger partial charge in [0.1, 0.15) is 5.88 Å². The molecule has 4 heteroatoms. The summed E-state index contributed by atoms with van der Waals surface area (Å²) in [6.45, 7) is 0.534. The lowest BCUT2D eigenvalue weighted by Gasteiger charge is -2.32. The first-order valence-corrected chi connectivity index (χ1v) is 7.05. The van der Waals surface area contributed by atoms with Crippen LogP contribution < -0.4 is 0 Å². The van der Waals surface area contributed by atoms with Crippen molar-refractivity contribution in [3.8, 4) is 6.07 Å². The van der Waals surface area contributed by atoms with E-state index in [9.17, 15) is 4.79 Å². The molecular formula is C13H21ClN2O. The van der Waals surface area contributed by atoms with Gasteiger partial charge in [-0.3, -0.25) is 4.79 Å². The highest BCUT2D eigenvalue weighted by atomic mass is 35.5. The van der Waals surface area contributed by atoms with Crippen LogP contribution in [0.3, 0.4) is 0 Å². The third-order valence-electron chi connectivity index (χ3n) is 3.41. The third kappa shape index (κ3) is 4.95. The normalized spacial score (nSPS) is 17.9. The van der Waals surface area contributed by atoms with Crippen molar-refractivity contribution >= 4 is 17.5 Å². The van der Waals surface area contributed by atoms with Crippen LogP contribution in [-0.2, 0) is 4.79 Å². The van der Waals surface area contributed by atoms with Crippen molar-refractivity contribution in [2.24, 2.45) is 0 Å². The fraction of sp³-hybridized carbons (Fsp3) is 0.846. The van der Waals surface area contributed by atoms with Gasteiger partial charge in [0.25, 0.3) is 0 Å². The predicted molar refractivity (Wildman–Crippen MR) is 68.8 cm³/mol. The molecule has 0 unspecified atom stereocenters.